The van der Waals surface area contributed by atoms with E-state index in [2.05, 4.69) is 27.4 Å². The van der Waals surface area contributed by atoms with Crippen LogP contribution in [0.1, 0.15) is 38.4 Å². The maximum Gasteiger partial charge on any atom is 0.310 e. The van der Waals surface area contributed by atoms with E-state index in [0.717, 1.165) is 53.6 Å². The Morgan fingerprint density at radius 1 is 1.43 bits per heavy atom. The van der Waals surface area contributed by atoms with Gasteiger partial charge in [-0.25, -0.2) is 4.98 Å². The van der Waals surface area contributed by atoms with Crippen molar-refractivity contribution in [2.24, 2.45) is 5.41 Å². The van der Waals surface area contributed by atoms with Crippen LogP contribution in [-0.4, -0.2) is 20.6 Å². The van der Waals surface area contributed by atoms with E-state index in [1.165, 1.54) is 0 Å². The van der Waals surface area contributed by atoms with Gasteiger partial charge in [0, 0.05) is 17.4 Å². The van der Waals surface area contributed by atoms with E-state index in [9.17, 15) is 9.90 Å². The molecule has 5 heteroatoms. The van der Waals surface area contributed by atoms with Gasteiger partial charge >= 0.3 is 5.97 Å². The molecular formula is C16H19BrN2O2. The average Bonchev–Trinajstić information content (AvgIpc) is 3.03. The number of aliphatic carboxylic acids is 1. The number of hydrogen-bond acceptors (Lipinski definition) is 2. The average molecular weight is 351 g/mol. The Kier molecular flexibility index (Phi) is 3.78. The molecule has 1 saturated carbocycles. The van der Waals surface area contributed by atoms with Crippen molar-refractivity contribution in [2.45, 2.75) is 45.6 Å². The lowest BCUT2D eigenvalue weighted by Crippen LogP contribution is -2.31. The van der Waals surface area contributed by atoms with E-state index in [-0.39, 0.29) is 0 Å². The maximum absolute atomic E-state index is 11.8. The molecule has 4 nitrogen and oxygen atoms in total. The molecule has 0 spiro atoms. The number of aromatic nitrogens is 2. The number of carboxylic acid groups (broad SMARTS) is 1. The number of imidazole rings is 1. The fraction of sp³-hybridized carbons (Fsp3) is 0.500. The van der Waals surface area contributed by atoms with Crippen molar-refractivity contribution in [3.63, 3.8) is 0 Å². The van der Waals surface area contributed by atoms with Crippen LogP contribution in [0.4, 0.5) is 0 Å². The highest BCUT2D eigenvalue weighted by Crippen LogP contribution is 2.41. The smallest absolute Gasteiger partial charge is 0.310 e. The molecular weight excluding hydrogens is 332 g/mol. The van der Waals surface area contributed by atoms with Crippen LogP contribution in [0.2, 0.25) is 0 Å². The lowest BCUT2D eigenvalue weighted by atomic mass is 9.82. The summed E-state index contributed by atoms with van der Waals surface area (Å²) >= 11 is 3.47. The predicted octanol–water partition coefficient (Wildman–Crippen LogP) is 4.01. The van der Waals surface area contributed by atoms with Crippen LogP contribution in [0.25, 0.3) is 11.0 Å². The lowest BCUT2D eigenvalue weighted by Gasteiger charge is -2.23. The summed E-state index contributed by atoms with van der Waals surface area (Å²) in [5, 5.41) is 9.66. The van der Waals surface area contributed by atoms with Crippen LogP contribution >= 0.6 is 15.9 Å². The number of nitrogens with zero attached hydrogens (tertiary/aromatic N) is 2. The van der Waals surface area contributed by atoms with E-state index in [0.29, 0.717) is 6.42 Å². The van der Waals surface area contributed by atoms with Crippen molar-refractivity contribution in [2.75, 3.05) is 0 Å². The van der Waals surface area contributed by atoms with Crippen LogP contribution in [-0.2, 0) is 17.8 Å². The largest absolute Gasteiger partial charge is 0.481 e. The van der Waals surface area contributed by atoms with Crippen LogP contribution in [0.15, 0.2) is 22.7 Å². The number of halogens is 1. The maximum atomic E-state index is 11.8. The highest BCUT2D eigenvalue weighted by molar-refractivity contribution is 9.10. The van der Waals surface area contributed by atoms with Crippen LogP contribution in [0.3, 0.4) is 0 Å². The highest BCUT2D eigenvalue weighted by atomic mass is 79.9. The first-order valence-electron chi connectivity index (χ1n) is 7.44. The second kappa shape index (κ2) is 5.44. The van der Waals surface area contributed by atoms with E-state index in [4.69, 9.17) is 4.98 Å². The lowest BCUT2D eigenvalue weighted by molar-refractivity contribution is -0.148. The zero-order chi connectivity index (χ0) is 15.0. The Morgan fingerprint density at radius 3 is 2.76 bits per heavy atom. The molecule has 1 aliphatic carbocycles. The Bertz CT molecular complexity index is 687. The van der Waals surface area contributed by atoms with Crippen molar-refractivity contribution < 1.29 is 9.90 Å². The number of benzene rings is 1. The fourth-order valence-corrected chi connectivity index (χ4v) is 3.81. The SMILES string of the molecule is CCn1c(CC2(C(=O)O)CCCC2)nc2cc(Br)ccc21. The second-order valence-corrected chi connectivity index (χ2v) is 6.79. The van der Waals surface area contributed by atoms with Crippen molar-refractivity contribution in [3.8, 4) is 0 Å². The molecule has 0 unspecified atom stereocenters. The number of rotatable bonds is 4. The molecule has 0 atom stereocenters. The van der Waals surface area contributed by atoms with Gasteiger partial charge in [-0.2, -0.15) is 0 Å². The third kappa shape index (κ3) is 2.48. The van der Waals surface area contributed by atoms with Crippen LogP contribution < -0.4 is 0 Å². The molecule has 1 aliphatic rings. The normalized spacial score (nSPS) is 17.4. The van der Waals surface area contributed by atoms with Gasteiger partial charge < -0.3 is 9.67 Å². The first-order valence-corrected chi connectivity index (χ1v) is 8.23. The molecule has 1 aromatic carbocycles. The molecule has 0 radical (unpaired) electrons. The van der Waals surface area contributed by atoms with Gasteiger partial charge in [-0.3, -0.25) is 4.79 Å². The standard InChI is InChI=1S/C16H19BrN2O2/c1-2-19-13-6-5-11(17)9-12(13)18-14(19)10-16(15(20)21)7-3-4-8-16/h5-6,9H,2-4,7-8,10H2,1H3,(H,20,21). The van der Waals surface area contributed by atoms with Gasteiger partial charge in [0.2, 0.25) is 0 Å². The van der Waals surface area contributed by atoms with Gasteiger partial charge in [0.15, 0.2) is 0 Å². The monoisotopic (exact) mass is 350 g/mol. The first-order chi connectivity index (χ1) is 10.1. The third-order valence-corrected chi connectivity index (χ3v) is 5.11. The summed E-state index contributed by atoms with van der Waals surface area (Å²) < 4.78 is 3.14. The number of fused-ring (bicyclic) bond motifs is 1. The molecule has 1 fully saturated rings. The summed E-state index contributed by atoms with van der Waals surface area (Å²) in [5.41, 5.74) is 1.39. The van der Waals surface area contributed by atoms with E-state index in [1.807, 2.05) is 18.2 Å². The van der Waals surface area contributed by atoms with Gasteiger partial charge in [-0.15, -0.1) is 0 Å². The summed E-state index contributed by atoms with van der Waals surface area (Å²) in [6, 6.07) is 6.04. The molecule has 1 heterocycles. The van der Waals surface area contributed by atoms with Crippen LogP contribution in [0.5, 0.6) is 0 Å². The topological polar surface area (TPSA) is 55.1 Å². The molecule has 1 aromatic heterocycles. The molecule has 1 N–H and O–H groups in total. The van der Waals surface area contributed by atoms with Gasteiger partial charge in [0.05, 0.1) is 16.4 Å². The van der Waals surface area contributed by atoms with Crippen molar-refractivity contribution >= 4 is 32.9 Å². The third-order valence-electron chi connectivity index (χ3n) is 4.62. The zero-order valence-electron chi connectivity index (χ0n) is 12.1. The predicted molar refractivity (Wildman–Crippen MR) is 85.3 cm³/mol. The Morgan fingerprint density at radius 2 is 2.14 bits per heavy atom. The van der Waals surface area contributed by atoms with E-state index in [1.54, 1.807) is 0 Å². The van der Waals surface area contributed by atoms with Gasteiger partial charge in [0.1, 0.15) is 5.82 Å². The van der Waals surface area contributed by atoms with Gasteiger partial charge in [0.25, 0.3) is 0 Å². The summed E-state index contributed by atoms with van der Waals surface area (Å²) in [7, 11) is 0. The molecule has 0 bridgehead atoms. The minimum absolute atomic E-state index is 0.530. The zero-order valence-corrected chi connectivity index (χ0v) is 13.7. The van der Waals surface area contributed by atoms with Crippen molar-refractivity contribution in [1.29, 1.82) is 0 Å². The van der Waals surface area contributed by atoms with Gasteiger partial charge in [-0.1, -0.05) is 28.8 Å². The quantitative estimate of drug-likeness (QED) is 0.906. The Hall–Kier alpha value is -1.36. The summed E-state index contributed by atoms with van der Waals surface area (Å²) in [4.78, 5) is 16.5. The molecule has 0 saturated heterocycles. The molecule has 2 aromatic rings. The molecule has 3 rings (SSSR count). The number of carboxylic acids is 1. The summed E-state index contributed by atoms with van der Waals surface area (Å²) in [6.07, 6.45) is 4.06. The Labute approximate surface area is 132 Å². The molecule has 0 amide bonds. The highest BCUT2D eigenvalue weighted by Gasteiger charge is 2.42. The number of hydrogen-bond donors (Lipinski definition) is 1. The first kappa shape index (κ1) is 14.6. The van der Waals surface area contributed by atoms with Gasteiger partial charge in [-0.05, 0) is 38.0 Å². The summed E-state index contributed by atoms with van der Waals surface area (Å²) in [5.74, 6) is 0.228. The van der Waals surface area contributed by atoms with E-state index < -0.39 is 11.4 Å². The minimum atomic E-state index is -0.670. The number of carbonyl (C=O) groups is 1. The van der Waals surface area contributed by atoms with E-state index >= 15 is 0 Å². The molecule has 0 aliphatic heterocycles. The second-order valence-electron chi connectivity index (χ2n) is 5.87. The fourth-order valence-electron chi connectivity index (χ4n) is 3.46. The van der Waals surface area contributed by atoms with Crippen molar-refractivity contribution in [3.05, 3.63) is 28.5 Å². The summed E-state index contributed by atoms with van der Waals surface area (Å²) in [6.45, 7) is 2.89. The van der Waals surface area contributed by atoms with Crippen LogP contribution in [0, 0.1) is 5.41 Å². The van der Waals surface area contributed by atoms with Crippen molar-refractivity contribution in [1.82, 2.24) is 9.55 Å². The Balaban J connectivity index is 2.05. The number of aryl methyl sites for hydroxylation is 1. The minimum Gasteiger partial charge on any atom is -0.481 e. The molecule has 21 heavy (non-hydrogen) atoms. The molecule has 112 valence electrons.